The zero-order valence-corrected chi connectivity index (χ0v) is 8.53. The lowest BCUT2D eigenvalue weighted by atomic mass is 10.1. The molecule has 15 heavy (non-hydrogen) atoms. The van der Waals surface area contributed by atoms with Crippen LogP contribution in [-0.4, -0.2) is 9.55 Å². The molecule has 76 valence electrons. The number of nitrogens with zero attached hydrogens (tertiary/aromatic N) is 2. The van der Waals surface area contributed by atoms with Gasteiger partial charge in [-0.1, -0.05) is 19.1 Å². The van der Waals surface area contributed by atoms with Crippen molar-refractivity contribution < 1.29 is 1.37 Å². The number of fused-ring (bicyclic) bond motifs is 2. The summed E-state index contributed by atoms with van der Waals surface area (Å²) in [6, 6.07) is 7.32. The molecular weight excluding hydrogens is 188 g/mol. The van der Waals surface area contributed by atoms with Gasteiger partial charge in [-0.3, -0.25) is 9.36 Å². The van der Waals surface area contributed by atoms with Crippen molar-refractivity contribution in [2.75, 3.05) is 0 Å². The average Bonchev–Trinajstić information content (AvgIpc) is 2.56. The summed E-state index contributed by atoms with van der Waals surface area (Å²) >= 11 is 0. The largest absolute Gasteiger partial charge is 0.296 e. The molecule has 2 aromatic rings. The summed E-state index contributed by atoms with van der Waals surface area (Å²) in [5.74, 6) is -0.139. The molecule has 3 nitrogen and oxygen atoms in total. The normalized spacial score (nSPS) is 25.3. The average molecular weight is 201 g/mol. The van der Waals surface area contributed by atoms with Gasteiger partial charge >= 0.3 is 0 Å². The first-order chi connectivity index (χ1) is 7.59. The molecule has 1 aliphatic rings. The third-order valence-electron chi connectivity index (χ3n) is 2.95. The molecule has 1 atom stereocenters. The number of aromatic nitrogens is 2. The van der Waals surface area contributed by atoms with Crippen molar-refractivity contribution in [3.63, 3.8) is 0 Å². The van der Waals surface area contributed by atoms with Gasteiger partial charge in [-0.15, -0.1) is 0 Å². The van der Waals surface area contributed by atoms with Crippen molar-refractivity contribution in [1.29, 1.82) is 0 Å². The monoisotopic (exact) mass is 201 g/mol. The van der Waals surface area contributed by atoms with Crippen LogP contribution < -0.4 is 5.56 Å². The molecule has 0 bridgehead atoms. The van der Waals surface area contributed by atoms with Crippen LogP contribution in [0.1, 0.15) is 26.4 Å². The zero-order chi connectivity index (χ0) is 11.3. The Balaban J connectivity index is 2.46. The molecule has 1 aromatic heterocycles. The minimum atomic E-state index is -0.733. The van der Waals surface area contributed by atoms with E-state index in [9.17, 15) is 4.79 Å². The van der Waals surface area contributed by atoms with Crippen LogP contribution in [0.3, 0.4) is 0 Å². The molecule has 0 fully saturated rings. The van der Waals surface area contributed by atoms with Crippen LogP contribution in [0.5, 0.6) is 0 Å². The molecule has 0 N–H and O–H groups in total. The SMILES string of the molecule is [2H]C1(C)CCn2c1nc1ccccc1c2=O. The van der Waals surface area contributed by atoms with Gasteiger partial charge in [-0.2, -0.15) is 0 Å². The highest BCUT2D eigenvalue weighted by molar-refractivity contribution is 5.77. The van der Waals surface area contributed by atoms with E-state index in [1.165, 1.54) is 0 Å². The van der Waals surface area contributed by atoms with E-state index in [4.69, 9.17) is 1.37 Å². The van der Waals surface area contributed by atoms with Crippen molar-refractivity contribution >= 4 is 10.9 Å². The van der Waals surface area contributed by atoms with Gasteiger partial charge in [-0.05, 0) is 18.6 Å². The number of rotatable bonds is 0. The Bertz CT molecular complexity index is 630. The lowest BCUT2D eigenvalue weighted by molar-refractivity contribution is 0.695. The van der Waals surface area contributed by atoms with Gasteiger partial charge in [0, 0.05) is 13.8 Å². The second-order valence-electron chi connectivity index (χ2n) is 3.94. The molecule has 1 aliphatic heterocycles. The topological polar surface area (TPSA) is 34.9 Å². The predicted molar refractivity (Wildman–Crippen MR) is 59.0 cm³/mol. The number of benzene rings is 1. The Morgan fingerprint density at radius 3 is 3.20 bits per heavy atom. The Morgan fingerprint density at radius 2 is 2.33 bits per heavy atom. The summed E-state index contributed by atoms with van der Waals surface area (Å²) in [7, 11) is 0. The molecule has 0 saturated carbocycles. The van der Waals surface area contributed by atoms with Crippen LogP contribution in [0.25, 0.3) is 10.9 Å². The lowest BCUT2D eigenvalue weighted by Crippen LogP contribution is -2.21. The molecule has 0 amide bonds. The second-order valence-corrected chi connectivity index (χ2v) is 3.94. The van der Waals surface area contributed by atoms with E-state index in [0.717, 1.165) is 0 Å². The van der Waals surface area contributed by atoms with E-state index >= 15 is 0 Å². The van der Waals surface area contributed by atoms with Crippen LogP contribution >= 0.6 is 0 Å². The maximum Gasteiger partial charge on any atom is 0.261 e. The quantitative estimate of drug-likeness (QED) is 0.652. The Kier molecular flexibility index (Phi) is 1.49. The number of hydrogen-bond donors (Lipinski definition) is 0. The third-order valence-corrected chi connectivity index (χ3v) is 2.95. The van der Waals surface area contributed by atoms with Gasteiger partial charge in [0.15, 0.2) is 0 Å². The van der Waals surface area contributed by atoms with Crippen molar-refractivity contribution in [1.82, 2.24) is 9.55 Å². The van der Waals surface area contributed by atoms with Crippen LogP contribution in [-0.2, 0) is 6.54 Å². The van der Waals surface area contributed by atoms with E-state index in [-0.39, 0.29) is 5.56 Å². The van der Waals surface area contributed by atoms with Crippen molar-refractivity contribution in [2.45, 2.75) is 25.8 Å². The summed E-state index contributed by atoms with van der Waals surface area (Å²) in [5, 5.41) is 0.643. The molecule has 3 rings (SSSR count). The Hall–Kier alpha value is -1.64. The zero-order valence-electron chi connectivity index (χ0n) is 9.53. The molecule has 0 saturated heterocycles. The van der Waals surface area contributed by atoms with Gasteiger partial charge in [-0.25, -0.2) is 4.98 Å². The van der Waals surface area contributed by atoms with E-state index in [0.29, 0.717) is 29.7 Å². The number of hydrogen-bond acceptors (Lipinski definition) is 2. The van der Waals surface area contributed by atoms with Crippen molar-refractivity contribution in [3.8, 4) is 0 Å². The molecule has 2 heterocycles. The summed E-state index contributed by atoms with van der Waals surface area (Å²) < 4.78 is 9.75. The fraction of sp³-hybridized carbons (Fsp3) is 0.333. The maximum absolute atomic E-state index is 12.1. The smallest absolute Gasteiger partial charge is 0.261 e. The molecule has 0 radical (unpaired) electrons. The molecule has 1 aromatic carbocycles. The van der Waals surface area contributed by atoms with Gasteiger partial charge < -0.3 is 0 Å². The molecule has 3 heteroatoms. The predicted octanol–water partition coefficient (Wildman–Crippen LogP) is 1.90. The molecule has 0 aliphatic carbocycles. The van der Waals surface area contributed by atoms with Crippen LogP contribution in [0.15, 0.2) is 29.1 Å². The first-order valence-corrected chi connectivity index (χ1v) is 5.10. The fourth-order valence-corrected chi connectivity index (χ4v) is 2.09. The fourth-order valence-electron chi connectivity index (χ4n) is 2.09. The van der Waals surface area contributed by atoms with Gasteiger partial charge in [0.25, 0.3) is 5.56 Å². The van der Waals surface area contributed by atoms with Crippen molar-refractivity contribution in [2.24, 2.45) is 0 Å². The Labute approximate surface area is 88.8 Å². The first kappa shape index (κ1) is 7.63. The summed E-state index contributed by atoms with van der Waals surface area (Å²) in [5.41, 5.74) is 0.677. The highest BCUT2D eigenvalue weighted by atomic mass is 16.1. The summed E-state index contributed by atoms with van der Waals surface area (Å²) in [6.07, 6.45) is 0.658. The number of para-hydroxylation sites is 1. The highest BCUT2D eigenvalue weighted by Gasteiger charge is 2.22. The van der Waals surface area contributed by atoms with E-state index in [2.05, 4.69) is 4.98 Å². The maximum atomic E-state index is 12.1. The minimum absolute atomic E-state index is 0.0171. The summed E-state index contributed by atoms with van der Waals surface area (Å²) in [4.78, 5) is 16.6. The van der Waals surface area contributed by atoms with Crippen LogP contribution in [0.4, 0.5) is 0 Å². The van der Waals surface area contributed by atoms with Crippen LogP contribution in [0.2, 0.25) is 0 Å². The molecule has 1 unspecified atom stereocenters. The highest BCUT2D eigenvalue weighted by Crippen LogP contribution is 2.24. The second kappa shape index (κ2) is 2.92. The molecule has 0 spiro atoms. The van der Waals surface area contributed by atoms with E-state index < -0.39 is 5.89 Å². The first-order valence-electron chi connectivity index (χ1n) is 5.60. The summed E-state index contributed by atoms with van der Waals surface area (Å²) in [6.45, 7) is 2.42. The van der Waals surface area contributed by atoms with E-state index in [1.54, 1.807) is 10.6 Å². The third kappa shape index (κ3) is 1.12. The van der Waals surface area contributed by atoms with Gasteiger partial charge in [0.05, 0.1) is 10.9 Å². The van der Waals surface area contributed by atoms with E-state index in [1.807, 2.05) is 25.1 Å². The minimum Gasteiger partial charge on any atom is -0.296 e. The van der Waals surface area contributed by atoms with Crippen LogP contribution in [0, 0.1) is 0 Å². The molecular formula is C12H12N2O. The van der Waals surface area contributed by atoms with Gasteiger partial charge in [0.1, 0.15) is 5.82 Å². The Morgan fingerprint density at radius 1 is 1.53 bits per heavy atom. The lowest BCUT2D eigenvalue weighted by Gasteiger charge is -2.06. The standard InChI is InChI=1S/C12H12N2O/c1-8-6-7-14-11(8)13-10-5-3-2-4-9(10)12(14)15/h2-5,8H,6-7H2,1H3/i8D. The van der Waals surface area contributed by atoms with Crippen molar-refractivity contribution in [3.05, 3.63) is 40.4 Å². The van der Waals surface area contributed by atoms with Gasteiger partial charge in [0.2, 0.25) is 0 Å².